The second-order valence-corrected chi connectivity index (χ2v) is 7.42. The van der Waals surface area contributed by atoms with Gasteiger partial charge < -0.3 is 29.2 Å². The number of epoxide rings is 1. The van der Waals surface area contributed by atoms with Crippen molar-refractivity contribution < 1.29 is 38.7 Å². The van der Waals surface area contributed by atoms with E-state index in [1.165, 1.54) is 0 Å². The van der Waals surface area contributed by atoms with Gasteiger partial charge in [-0.1, -0.05) is 13.2 Å². The summed E-state index contributed by atoms with van der Waals surface area (Å²) in [6.45, 7) is 6.95. The Kier molecular flexibility index (Phi) is 4.46. The van der Waals surface area contributed by atoms with Crippen LogP contribution in [0.25, 0.3) is 0 Å². The van der Waals surface area contributed by atoms with Gasteiger partial charge in [-0.3, -0.25) is 0 Å². The Morgan fingerprint density at radius 2 is 2.22 bits per heavy atom. The van der Waals surface area contributed by atoms with Crippen LogP contribution in [0, 0.1) is 5.92 Å². The number of hydrogen-bond acceptors (Lipinski definition) is 8. The molecule has 0 amide bonds. The lowest BCUT2D eigenvalue weighted by atomic mass is 9.81. The van der Waals surface area contributed by atoms with Gasteiger partial charge in [-0.25, -0.2) is 9.59 Å². The summed E-state index contributed by atoms with van der Waals surface area (Å²) in [5.41, 5.74) is -0.0403. The first-order valence-corrected chi connectivity index (χ1v) is 8.92. The molecule has 0 radical (unpaired) electrons. The van der Waals surface area contributed by atoms with Gasteiger partial charge in [-0.2, -0.15) is 0 Å². The second kappa shape index (κ2) is 6.56. The maximum absolute atomic E-state index is 12.3. The molecular weight excluding hydrogens is 356 g/mol. The Morgan fingerprint density at radius 3 is 2.96 bits per heavy atom. The standard InChI is InChI=1S/C19H22O8/c1-9(7-20)16(21)26-13-6-19-14(27-19)4-3-11(8-24-18(19)23)5-12-15(13)10(2)17(22)25-12/h5,12-15,18,20,23H,1-4,6-8H2/b11-5+/t12-,13+,14-,15+,18-,19-/m1/s1. The van der Waals surface area contributed by atoms with Gasteiger partial charge in [0.05, 0.1) is 30.8 Å². The third-order valence-corrected chi connectivity index (χ3v) is 5.74. The molecule has 8 heteroatoms. The van der Waals surface area contributed by atoms with Crippen LogP contribution in [0.3, 0.4) is 0 Å². The second-order valence-electron chi connectivity index (χ2n) is 7.42. The van der Waals surface area contributed by atoms with Crippen LogP contribution in [0.5, 0.6) is 0 Å². The molecule has 27 heavy (non-hydrogen) atoms. The number of carbonyl (C=O) groups excluding carboxylic acids is 2. The molecule has 0 aromatic rings. The van der Waals surface area contributed by atoms with Crippen LogP contribution in [-0.2, 0) is 28.5 Å². The highest BCUT2D eigenvalue weighted by Gasteiger charge is 2.65. The summed E-state index contributed by atoms with van der Waals surface area (Å²) in [6, 6.07) is 0. The summed E-state index contributed by atoms with van der Waals surface area (Å²) in [5, 5.41) is 19.7. The number of carbonyl (C=O) groups is 2. The predicted octanol–water partition coefficient (Wildman–Crippen LogP) is 0.141. The first-order valence-electron chi connectivity index (χ1n) is 8.92. The lowest BCUT2D eigenvalue weighted by molar-refractivity contribution is -0.163. The lowest BCUT2D eigenvalue weighted by Crippen LogP contribution is -2.45. The van der Waals surface area contributed by atoms with Crippen molar-refractivity contribution in [1.29, 1.82) is 0 Å². The fourth-order valence-electron chi connectivity index (χ4n) is 4.13. The van der Waals surface area contributed by atoms with Crippen LogP contribution in [0.2, 0.25) is 0 Å². The number of rotatable bonds is 3. The average Bonchev–Trinajstić information content (AvgIpc) is 3.26. The van der Waals surface area contributed by atoms with Crippen molar-refractivity contribution in [3.05, 3.63) is 36.0 Å². The van der Waals surface area contributed by atoms with E-state index in [1.807, 2.05) is 0 Å². The van der Waals surface area contributed by atoms with E-state index in [2.05, 4.69) is 13.2 Å². The zero-order valence-corrected chi connectivity index (χ0v) is 14.8. The summed E-state index contributed by atoms with van der Waals surface area (Å²) in [7, 11) is 0. The molecule has 6 atom stereocenters. The third kappa shape index (κ3) is 3.02. The van der Waals surface area contributed by atoms with Crippen molar-refractivity contribution in [3.8, 4) is 0 Å². The minimum atomic E-state index is -1.18. The molecule has 3 saturated heterocycles. The highest BCUT2D eigenvalue weighted by atomic mass is 16.7. The van der Waals surface area contributed by atoms with E-state index in [0.717, 1.165) is 5.57 Å². The van der Waals surface area contributed by atoms with Crippen molar-refractivity contribution >= 4 is 11.9 Å². The van der Waals surface area contributed by atoms with Crippen LogP contribution in [0.15, 0.2) is 36.0 Å². The zero-order valence-electron chi connectivity index (χ0n) is 14.8. The zero-order chi connectivity index (χ0) is 19.3. The van der Waals surface area contributed by atoms with E-state index in [4.69, 9.17) is 24.1 Å². The molecule has 0 unspecified atom stereocenters. The summed E-state index contributed by atoms with van der Waals surface area (Å²) in [6.07, 6.45) is 0.352. The van der Waals surface area contributed by atoms with Crippen LogP contribution >= 0.6 is 0 Å². The molecule has 0 aromatic carbocycles. The number of aliphatic hydroxyl groups excluding tert-OH is 2. The van der Waals surface area contributed by atoms with Gasteiger partial charge in [0.1, 0.15) is 17.8 Å². The molecule has 4 heterocycles. The first kappa shape index (κ1) is 18.4. The van der Waals surface area contributed by atoms with Crippen LogP contribution in [-0.4, -0.2) is 65.6 Å². The quantitative estimate of drug-likeness (QED) is 0.308. The Labute approximate surface area is 156 Å². The van der Waals surface area contributed by atoms with Gasteiger partial charge in [0.25, 0.3) is 0 Å². The summed E-state index contributed by atoms with van der Waals surface area (Å²) >= 11 is 0. The average molecular weight is 378 g/mol. The van der Waals surface area contributed by atoms with Crippen LogP contribution in [0.1, 0.15) is 19.3 Å². The van der Waals surface area contributed by atoms with Gasteiger partial charge >= 0.3 is 11.9 Å². The molecule has 1 spiro atoms. The Balaban J connectivity index is 1.74. The van der Waals surface area contributed by atoms with E-state index >= 15 is 0 Å². The number of fused-ring (bicyclic) bond motifs is 4. The molecule has 3 fully saturated rings. The van der Waals surface area contributed by atoms with E-state index in [-0.39, 0.29) is 30.3 Å². The largest absolute Gasteiger partial charge is 0.458 e. The fourth-order valence-corrected chi connectivity index (χ4v) is 4.13. The smallest absolute Gasteiger partial charge is 0.336 e. The van der Waals surface area contributed by atoms with Crippen molar-refractivity contribution in [2.75, 3.05) is 13.2 Å². The number of hydrogen-bond donors (Lipinski definition) is 2. The van der Waals surface area contributed by atoms with E-state index < -0.39 is 48.6 Å². The Hall–Kier alpha value is -2.00. The van der Waals surface area contributed by atoms with Crippen molar-refractivity contribution in [1.82, 2.24) is 0 Å². The summed E-state index contributed by atoms with van der Waals surface area (Å²) in [5.74, 6) is -1.95. The topological polar surface area (TPSA) is 115 Å². The van der Waals surface area contributed by atoms with Gasteiger partial charge in [0.15, 0.2) is 6.29 Å². The van der Waals surface area contributed by atoms with Crippen LogP contribution in [0.4, 0.5) is 0 Å². The Morgan fingerprint density at radius 1 is 1.44 bits per heavy atom. The number of ether oxygens (including phenoxy) is 4. The SMILES string of the molecule is C=C(CO)C(=O)O[C@H]1C[C@@]23O[C@@H]2CC/C(=C\[C@H]2OC(=O)C(=C)[C@H]12)CO[C@H]3O. The Bertz CT molecular complexity index is 740. The monoisotopic (exact) mass is 378 g/mol. The van der Waals surface area contributed by atoms with E-state index in [0.29, 0.717) is 12.8 Å². The van der Waals surface area contributed by atoms with Gasteiger partial charge in [0.2, 0.25) is 0 Å². The minimum Gasteiger partial charge on any atom is -0.458 e. The molecule has 146 valence electrons. The molecule has 2 bridgehead atoms. The normalized spacial score (nSPS) is 42.1. The van der Waals surface area contributed by atoms with Crippen molar-refractivity contribution in [2.45, 2.75) is 49.5 Å². The summed E-state index contributed by atoms with van der Waals surface area (Å²) < 4.78 is 22.4. The predicted molar refractivity (Wildman–Crippen MR) is 90.1 cm³/mol. The number of aliphatic hydroxyl groups is 2. The maximum Gasteiger partial charge on any atom is 0.336 e. The molecule has 0 aromatic heterocycles. The molecule has 0 saturated carbocycles. The van der Waals surface area contributed by atoms with Crippen molar-refractivity contribution in [2.24, 2.45) is 5.92 Å². The number of esters is 2. The van der Waals surface area contributed by atoms with Crippen LogP contribution < -0.4 is 0 Å². The molecule has 8 nitrogen and oxygen atoms in total. The van der Waals surface area contributed by atoms with Gasteiger partial charge in [0, 0.05) is 12.0 Å². The third-order valence-electron chi connectivity index (χ3n) is 5.74. The fraction of sp³-hybridized carbons (Fsp3) is 0.579. The van der Waals surface area contributed by atoms with Crippen molar-refractivity contribution in [3.63, 3.8) is 0 Å². The highest BCUT2D eigenvalue weighted by molar-refractivity contribution is 5.92. The molecule has 2 N–H and O–H groups in total. The molecule has 5 aliphatic rings. The first-order chi connectivity index (χ1) is 12.9. The maximum atomic E-state index is 12.3. The lowest BCUT2D eigenvalue weighted by Gasteiger charge is -2.33. The molecule has 5 rings (SSSR count). The van der Waals surface area contributed by atoms with E-state index in [1.54, 1.807) is 6.08 Å². The van der Waals surface area contributed by atoms with Gasteiger partial charge in [-0.05, 0) is 24.5 Å². The summed E-state index contributed by atoms with van der Waals surface area (Å²) in [4.78, 5) is 24.4. The van der Waals surface area contributed by atoms with Gasteiger partial charge in [-0.15, -0.1) is 0 Å². The molecule has 1 aliphatic carbocycles. The molecular formula is C19H22O8. The molecule has 4 aliphatic heterocycles. The minimum absolute atomic E-state index is 0.109. The van der Waals surface area contributed by atoms with E-state index in [9.17, 15) is 14.7 Å². The highest BCUT2D eigenvalue weighted by Crippen LogP contribution is 2.51.